The number of hydrogen-bond acceptors (Lipinski definition) is 5. The largest absolute Gasteiger partial charge is 0.497 e. The van der Waals surface area contributed by atoms with Gasteiger partial charge < -0.3 is 14.8 Å². The highest BCUT2D eigenvalue weighted by atomic mass is 32.1. The van der Waals surface area contributed by atoms with Crippen LogP contribution in [0.2, 0.25) is 0 Å². The molecular weight excluding hydrogens is 386 g/mol. The van der Waals surface area contributed by atoms with E-state index >= 15 is 0 Å². The van der Waals surface area contributed by atoms with Crippen LogP contribution in [-0.4, -0.2) is 25.6 Å². The summed E-state index contributed by atoms with van der Waals surface area (Å²) in [5.74, 6) is -0.184. The standard InChI is InChI=1S/C23H23NO4S/c1-5-28-23(26)20-19(16-10-9-14(2)15(3)11-16)13-29-22(20)24-21(25)17-7-6-8-18(12-17)27-4/h6-13H,5H2,1-4H3,(H,24,25). The Hall–Kier alpha value is -3.12. The lowest BCUT2D eigenvalue weighted by molar-refractivity contribution is 0.0529. The van der Waals surface area contributed by atoms with E-state index in [1.165, 1.54) is 16.9 Å². The number of methoxy groups -OCH3 is 1. The van der Waals surface area contributed by atoms with Gasteiger partial charge in [0, 0.05) is 16.5 Å². The summed E-state index contributed by atoms with van der Waals surface area (Å²) in [4.78, 5) is 25.5. The van der Waals surface area contributed by atoms with E-state index in [1.807, 2.05) is 37.4 Å². The zero-order chi connectivity index (χ0) is 21.0. The number of rotatable bonds is 6. The number of esters is 1. The van der Waals surface area contributed by atoms with Gasteiger partial charge in [-0.1, -0.05) is 24.3 Å². The van der Waals surface area contributed by atoms with Gasteiger partial charge in [-0.3, -0.25) is 4.79 Å². The third-order valence-electron chi connectivity index (χ3n) is 4.65. The molecule has 0 aliphatic heterocycles. The SMILES string of the molecule is CCOC(=O)c1c(-c2ccc(C)c(C)c2)csc1NC(=O)c1cccc(OC)c1. The molecule has 1 aromatic heterocycles. The molecule has 3 rings (SSSR count). The van der Waals surface area contributed by atoms with Gasteiger partial charge in [0.05, 0.1) is 13.7 Å². The Labute approximate surface area is 174 Å². The first-order chi connectivity index (χ1) is 13.9. The highest BCUT2D eigenvalue weighted by Gasteiger charge is 2.23. The fraction of sp³-hybridized carbons (Fsp3) is 0.217. The third kappa shape index (κ3) is 4.49. The summed E-state index contributed by atoms with van der Waals surface area (Å²) in [5, 5.41) is 5.19. The van der Waals surface area contributed by atoms with Crippen molar-refractivity contribution in [2.45, 2.75) is 20.8 Å². The summed E-state index contributed by atoms with van der Waals surface area (Å²) in [6.07, 6.45) is 0. The number of carbonyl (C=O) groups excluding carboxylic acids is 2. The first-order valence-corrected chi connectivity index (χ1v) is 10.1. The highest BCUT2D eigenvalue weighted by molar-refractivity contribution is 7.15. The van der Waals surface area contributed by atoms with Gasteiger partial charge in [0.1, 0.15) is 16.3 Å². The fourth-order valence-corrected chi connectivity index (χ4v) is 3.87. The van der Waals surface area contributed by atoms with Crippen LogP contribution in [0.3, 0.4) is 0 Å². The molecule has 0 atom stereocenters. The van der Waals surface area contributed by atoms with Crippen molar-refractivity contribution in [3.63, 3.8) is 0 Å². The molecule has 0 saturated carbocycles. The number of hydrogen-bond donors (Lipinski definition) is 1. The molecule has 0 unspecified atom stereocenters. The molecular formula is C23H23NO4S. The van der Waals surface area contributed by atoms with Crippen LogP contribution in [0.25, 0.3) is 11.1 Å². The molecule has 3 aromatic rings. The third-order valence-corrected chi connectivity index (χ3v) is 5.54. The second-order valence-corrected chi connectivity index (χ2v) is 7.44. The van der Waals surface area contributed by atoms with E-state index < -0.39 is 5.97 Å². The Balaban J connectivity index is 2.00. The Bertz CT molecular complexity index is 1050. The molecule has 150 valence electrons. The van der Waals surface area contributed by atoms with Gasteiger partial charge in [0.25, 0.3) is 5.91 Å². The van der Waals surface area contributed by atoms with E-state index in [0.29, 0.717) is 21.9 Å². The number of nitrogens with one attached hydrogen (secondary N) is 1. The van der Waals surface area contributed by atoms with E-state index in [9.17, 15) is 9.59 Å². The van der Waals surface area contributed by atoms with Crippen LogP contribution in [0.4, 0.5) is 5.00 Å². The summed E-state index contributed by atoms with van der Waals surface area (Å²) in [7, 11) is 1.55. The maximum atomic E-state index is 12.7. The first kappa shape index (κ1) is 20.6. The zero-order valence-corrected chi connectivity index (χ0v) is 17.7. The zero-order valence-electron chi connectivity index (χ0n) is 16.9. The highest BCUT2D eigenvalue weighted by Crippen LogP contribution is 2.37. The van der Waals surface area contributed by atoms with Gasteiger partial charge in [0.2, 0.25) is 0 Å². The van der Waals surface area contributed by atoms with E-state index in [-0.39, 0.29) is 12.5 Å². The molecule has 0 aliphatic carbocycles. The minimum atomic E-state index is -0.456. The predicted octanol–water partition coefficient (Wildman–Crippen LogP) is 5.47. The van der Waals surface area contributed by atoms with Crippen LogP contribution in [0.1, 0.15) is 38.8 Å². The lowest BCUT2D eigenvalue weighted by Gasteiger charge is -2.10. The molecule has 0 radical (unpaired) electrons. The van der Waals surface area contributed by atoms with Gasteiger partial charge in [-0.15, -0.1) is 11.3 Å². The Morgan fingerprint density at radius 3 is 2.55 bits per heavy atom. The Morgan fingerprint density at radius 1 is 1.07 bits per heavy atom. The maximum absolute atomic E-state index is 12.7. The number of ether oxygens (including phenoxy) is 2. The second-order valence-electron chi connectivity index (χ2n) is 6.56. The number of thiophene rings is 1. The van der Waals surface area contributed by atoms with Gasteiger partial charge in [0.15, 0.2) is 0 Å². The van der Waals surface area contributed by atoms with Crippen LogP contribution in [-0.2, 0) is 4.74 Å². The monoisotopic (exact) mass is 409 g/mol. The molecule has 0 spiro atoms. The number of benzene rings is 2. The summed E-state index contributed by atoms with van der Waals surface area (Å²) >= 11 is 1.30. The van der Waals surface area contributed by atoms with Crippen molar-refractivity contribution in [3.05, 3.63) is 70.1 Å². The molecule has 1 heterocycles. The van der Waals surface area contributed by atoms with Crippen LogP contribution < -0.4 is 10.1 Å². The van der Waals surface area contributed by atoms with Crippen LogP contribution >= 0.6 is 11.3 Å². The van der Waals surface area contributed by atoms with E-state index in [0.717, 1.165) is 16.7 Å². The summed E-state index contributed by atoms with van der Waals surface area (Å²) < 4.78 is 10.4. The van der Waals surface area contributed by atoms with Crippen molar-refractivity contribution in [3.8, 4) is 16.9 Å². The van der Waals surface area contributed by atoms with Gasteiger partial charge in [-0.25, -0.2) is 4.79 Å². The maximum Gasteiger partial charge on any atom is 0.341 e. The fourth-order valence-electron chi connectivity index (χ4n) is 2.92. The molecule has 0 bridgehead atoms. The van der Waals surface area contributed by atoms with Gasteiger partial charge in [-0.2, -0.15) is 0 Å². The lowest BCUT2D eigenvalue weighted by atomic mass is 9.99. The number of amides is 1. The van der Waals surface area contributed by atoms with E-state index in [1.54, 1.807) is 38.3 Å². The number of anilines is 1. The molecule has 0 saturated heterocycles. The average molecular weight is 410 g/mol. The molecule has 1 N–H and O–H groups in total. The van der Waals surface area contributed by atoms with Gasteiger partial charge in [-0.05, 0) is 55.7 Å². The minimum Gasteiger partial charge on any atom is -0.497 e. The molecule has 1 amide bonds. The van der Waals surface area contributed by atoms with Crippen molar-refractivity contribution < 1.29 is 19.1 Å². The minimum absolute atomic E-state index is 0.254. The predicted molar refractivity (Wildman–Crippen MR) is 116 cm³/mol. The quantitative estimate of drug-likeness (QED) is 0.548. The second kappa shape index (κ2) is 8.92. The average Bonchev–Trinajstić information content (AvgIpc) is 3.13. The molecule has 2 aromatic carbocycles. The van der Waals surface area contributed by atoms with Crippen molar-refractivity contribution >= 4 is 28.2 Å². The van der Waals surface area contributed by atoms with Crippen LogP contribution in [0.15, 0.2) is 47.8 Å². The molecule has 29 heavy (non-hydrogen) atoms. The molecule has 0 fully saturated rings. The summed E-state index contributed by atoms with van der Waals surface area (Å²) in [5.41, 5.74) is 4.78. The summed E-state index contributed by atoms with van der Waals surface area (Å²) in [6.45, 7) is 6.08. The normalized spacial score (nSPS) is 10.5. The molecule has 0 aliphatic rings. The summed E-state index contributed by atoms with van der Waals surface area (Å²) in [6, 6.07) is 12.9. The topological polar surface area (TPSA) is 64.6 Å². The van der Waals surface area contributed by atoms with Crippen LogP contribution in [0, 0.1) is 13.8 Å². The van der Waals surface area contributed by atoms with Crippen molar-refractivity contribution in [1.82, 2.24) is 0 Å². The van der Waals surface area contributed by atoms with Crippen molar-refractivity contribution in [2.24, 2.45) is 0 Å². The van der Waals surface area contributed by atoms with Crippen molar-refractivity contribution in [1.29, 1.82) is 0 Å². The number of aryl methyl sites for hydroxylation is 2. The smallest absolute Gasteiger partial charge is 0.341 e. The van der Waals surface area contributed by atoms with Crippen molar-refractivity contribution in [2.75, 3.05) is 19.0 Å². The number of carbonyl (C=O) groups is 2. The van der Waals surface area contributed by atoms with Crippen LogP contribution in [0.5, 0.6) is 5.75 Å². The lowest BCUT2D eigenvalue weighted by Crippen LogP contribution is -2.15. The molecule has 6 heteroatoms. The Morgan fingerprint density at radius 2 is 1.86 bits per heavy atom. The van der Waals surface area contributed by atoms with E-state index in [4.69, 9.17) is 9.47 Å². The molecule has 5 nitrogen and oxygen atoms in total. The van der Waals surface area contributed by atoms with E-state index in [2.05, 4.69) is 5.32 Å². The first-order valence-electron chi connectivity index (χ1n) is 9.26. The Kier molecular flexibility index (Phi) is 6.34. The van der Waals surface area contributed by atoms with Gasteiger partial charge >= 0.3 is 5.97 Å².